The maximum Gasteiger partial charge on any atom is 0.235 e. The number of aromatic nitrogens is 7. The third-order valence-corrected chi connectivity index (χ3v) is 13.5. The van der Waals surface area contributed by atoms with Gasteiger partial charge < -0.3 is 4.57 Å². The lowest BCUT2D eigenvalue weighted by Gasteiger charge is -2.12. The van der Waals surface area contributed by atoms with Crippen molar-refractivity contribution in [2.75, 3.05) is 0 Å². The summed E-state index contributed by atoms with van der Waals surface area (Å²) in [6, 6.07) is 81.2. The molecule has 0 spiro atoms. The maximum absolute atomic E-state index is 5.42. The summed E-state index contributed by atoms with van der Waals surface area (Å²) >= 11 is 0. The fourth-order valence-corrected chi connectivity index (χ4v) is 10.4. The standard InChI is InChI=1S/C62H39N7/c1-4-16-40(17-5-1)52-39-53(41-18-6-2-7-19-41)66-62(65-52)69-55-26-13-11-23-47(55)49-36-42(30-33-56(49)69)43-29-32-48-46-22-10-12-25-54(46)68(59(48)38-43)60-28-14-24-51(64-60)44-31-34-57-50(37-44)61-58(27-15-35-63-61)67(57)45-20-8-3-9-21-45/h1-39H. The maximum atomic E-state index is 5.42. The summed E-state index contributed by atoms with van der Waals surface area (Å²) in [5.74, 6) is 1.48. The Morgan fingerprint density at radius 2 is 0.826 bits per heavy atom. The molecule has 69 heavy (non-hydrogen) atoms. The monoisotopic (exact) mass is 881 g/mol. The van der Waals surface area contributed by atoms with Gasteiger partial charge >= 0.3 is 0 Å². The van der Waals surface area contributed by atoms with Gasteiger partial charge in [0, 0.05) is 55.5 Å². The molecule has 0 aliphatic carbocycles. The molecule has 14 aromatic rings. The van der Waals surface area contributed by atoms with Crippen molar-refractivity contribution in [3.8, 4) is 62.4 Å². The van der Waals surface area contributed by atoms with E-state index < -0.39 is 0 Å². The first-order chi connectivity index (χ1) is 34.2. The van der Waals surface area contributed by atoms with Gasteiger partial charge in [-0.05, 0) is 96.1 Å². The van der Waals surface area contributed by atoms with Crippen molar-refractivity contribution in [3.63, 3.8) is 0 Å². The van der Waals surface area contributed by atoms with Crippen molar-refractivity contribution >= 4 is 65.5 Å². The molecule has 322 valence electrons. The van der Waals surface area contributed by atoms with Crippen molar-refractivity contribution in [1.29, 1.82) is 0 Å². The number of para-hydroxylation sites is 3. The first-order valence-corrected chi connectivity index (χ1v) is 23.2. The summed E-state index contributed by atoms with van der Waals surface area (Å²) in [6.45, 7) is 0. The average Bonchev–Trinajstić information content (AvgIpc) is 4.06. The summed E-state index contributed by atoms with van der Waals surface area (Å²) in [6.07, 6.45) is 1.87. The molecule has 0 amide bonds. The molecule has 0 radical (unpaired) electrons. The molecule has 14 rings (SSSR count). The van der Waals surface area contributed by atoms with Gasteiger partial charge in [-0.1, -0.05) is 146 Å². The minimum absolute atomic E-state index is 0.630. The Hall–Kier alpha value is -9.46. The number of hydrogen-bond acceptors (Lipinski definition) is 4. The minimum atomic E-state index is 0.630. The lowest BCUT2D eigenvalue weighted by atomic mass is 10.0. The van der Waals surface area contributed by atoms with Crippen LogP contribution in [0, 0.1) is 0 Å². The zero-order valence-electron chi connectivity index (χ0n) is 37.1. The second-order valence-electron chi connectivity index (χ2n) is 17.5. The van der Waals surface area contributed by atoms with E-state index in [1.165, 1.54) is 10.8 Å². The number of nitrogens with zero attached hydrogens (tertiary/aromatic N) is 7. The highest BCUT2D eigenvalue weighted by molar-refractivity contribution is 6.13. The number of fused-ring (bicyclic) bond motifs is 9. The minimum Gasteiger partial charge on any atom is -0.308 e. The van der Waals surface area contributed by atoms with Crippen molar-refractivity contribution < 1.29 is 0 Å². The average molecular weight is 882 g/mol. The number of pyridine rings is 2. The van der Waals surface area contributed by atoms with Crippen LogP contribution in [0.2, 0.25) is 0 Å². The summed E-state index contributed by atoms with van der Waals surface area (Å²) in [5, 5.41) is 5.71. The van der Waals surface area contributed by atoms with Crippen LogP contribution in [0.15, 0.2) is 237 Å². The zero-order chi connectivity index (χ0) is 45.4. The fraction of sp³-hybridized carbons (Fsp3) is 0. The Bertz CT molecular complexity index is 4240. The third-order valence-electron chi connectivity index (χ3n) is 13.5. The van der Waals surface area contributed by atoms with Gasteiger partial charge in [0.05, 0.1) is 55.7 Å². The van der Waals surface area contributed by atoms with E-state index in [2.05, 4.69) is 226 Å². The molecule has 7 nitrogen and oxygen atoms in total. The van der Waals surface area contributed by atoms with Crippen LogP contribution in [0.5, 0.6) is 0 Å². The van der Waals surface area contributed by atoms with E-state index in [9.17, 15) is 0 Å². The Labute approximate surface area is 396 Å². The Morgan fingerprint density at radius 1 is 0.275 bits per heavy atom. The topological polar surface area (TPSA) is 66.3 Å². The van der Waals surface area contributed by atoms with Gasteiger partial charge in [0.15, 0.2) is 0 Å². The van der Waals surface area contributed by atoms with Gasteiger partial charge in [-0.15, -0.1) is 0 Å². The van der Waals surface area contributed by atoms with E-state index >= 15 is 0 Å². The Kier molecular flexibility index (Phi) is 8.75. The van der Waals surface area contributed by atoms with Crippen LogP contribution >= 0.6 is 0 Å². The van der Waals surface area contributed by atoms with Crippen LogP contribution < -0.4 is 0 Å². The fourth-order valence-electron chi connectivity index (χ4n) is 10.4. The molecule has 0 saturated carbocycles. The lowest BCUT2D eigenvalue weighted by Crippen LogP contribution is -2.03. The first-order valence-electron chi connectivity index (χ1n) is 23.2. The van der Waals surface area contributed by atoms with Crippen LogP contribution in [-0.4, -0.2) is 33.6 Å². The zero-order valence-corrected chi connectivity index (χ0v) is 37.1. The molecule has 0 atom stereocenters. The molecule has 0 bridgehead atoms. The predicted molar refractivity (Wildman–Crippen MR) is 282 cm³/mol. The summed E-state index contributed by atoms with van der Waals surface area (Å²) in [4.78, 5) is 20.8. The molecule has 6 aromatic heterocycles. The molecule has 8 aromatic carbocycles. The lowest BCUT2D eigenvalue weighted by molar-refractivity contribution is 0.995. The van der Waals surface area contributed by atoms with Crippen LogP contribution in [0.3, 0.4) is 0 Å². The van der Waals surface area contributed by atoms with E-state index in [1.807, 2.05) is 24.4 Å². The molecule has 0 aliphatic heterocycles. The number of rotatable bonds is 7. The molecular formula is C62H39N7. The second kappa shape index (κ2) is 15.6. The van der Waals surface area contributed by atoms with Gasteiger partial charge in [-0.2, -0.15) is 0 Å². The van der Waals surface area contributed by atoms with E-state index in [4.69, 9.17) is 19.9 Å². The molecule has 0 N–H and O–H groups in total. The first kappa shape index (κ1) is 38.8. The number of hydrogen-bond donors (Lipinski definition) is 0. The summed E-state index contributed by atoms with van der Waals surface area (Å²) in [5.41, 5.74) is 16.5. The van der Waals surface area contributed by atoms with Crippen molar-refractivity contribution in [1.82, 2.24) is 33.6 Å². The van der Waals surface area contributed by atoms with Crippen LogP contribution in [0.1, 0.15) is 0 Å². The summed E-state index contributed by atoms with van der Waals surface area (Å²) in [7, 11) is 0. The van der Waals surface area contributed by atoms with Gasteiger partial charge in [-0.25, -0.2) is 15.0 Å². The highest BCUT2D eigenvalue weighted by atomic mass is 15.2. The molecule has 6 heterocycles. The van der Waals surface area contributed by atoms with Crippen LogP contribution in [-0.2, 0) is 0 Å². The Balaban J connectivity index is 0.904. The summed E-state index contributed by atoms with van der Waals surface area (Å²) < 4.78 is 6.81. The predicted octanol–water partition coefficient (Wildman–Crippen LogP) is 15.2. The highest BCUT2D eigenvalue weighted by Gasteiger charge is 2.20. The van der Waals surface area contributed by atoms with Gasteiger partial charge in [0.25, 0.3) is 0 Å². The van der Waals surface area contributed by atoms with Crippen LogP contribution in [0.4, 0.5) is 0 Å². The molecule has 0 unspecified atom stereocenters. The van der Waals surface area contributed by atoms with E-state index in [-0.39, 0.29) is 0 Å². The SMILES string of the molecule is c1ccc(-c2cc(-c3ccccc3)nc(-n3c4ccccc4c4cc(-c5ccc6c7ccccc7n(-c7cccc(-c8ccc9c(c8)c8ncccc8n9-c8ccccc8)n7)c6c5)ccc43)n2)cc1. The largest absolute Gasteiger partial charge is 0.308 e. The Morgan fingerprint density at radius 3 is 1.57 bits per heavy atom. The quantitative estimate of drug-likeness (QED) is 0.160. The normalized spacial score (nSPS) is 11.8. The van der Waals surface area contributed by atoms with Gasteiger partial charge in [-0.3, -0.25) is 14.1 Å². The molecule has 0 aliphatic rings. The van der Waals surface area contributed by atoms with Crippen LogP contribution in [0.25, 0.3) is 128 Å². The van der Waals surface area contributed by atoms with E-state index in [0.717, 1.165) is 111 Å². The van der Waals surface area contributed by atoms with E-state index in [0.29, 0.717) is 5.95 Å². The molecular weight excluding hydrogens is 843 g/mol. The smallest absolute Gasteiger partial charge is 0.235 e. The second-order valence-corrected chi connectivity index (χ2v) is 17.5. The molecule has 0 fully saturated rings. The van der Waals surface area contributed by atoms with Gasteiger partial charge in [0.2, 0.25) is 5.95 Å². The van der Waals surface area contributed by atoms with Gasteiger partial charge in [0.1, 0.15) is 5.82 Å². The highest BCUT2D eigenvalue weighted by Crippen LogP contribution is 2.39. The van der Waals surface area contributed by atoms with Crippen molar-refractivity contribution in [3.05, 3.63) is 237 Å². The molecule has 0 saturated heterocycles. The van der Waals surface area contributed by atoms with Crippen molar-refractivity contribution in [2.24, 2.45) is 0 Å². The number of benzene rings is 8. The van der Waals surface area contributed by atoms with E-state index in [1.54, 1.807) is 0 Å². The molecule has 7 heteroatoms. The third kappa shape index (κ3) is 6.29. The van der Waals surface area contributed by atoms with Crippen molar-refractivity contribution in [2.45, 2.75) is 0 Å².